The van der Waals surface area contributed by atoms with E-state index in [9.17, 15) is 19.7 Å². The van der Waals surface area contributed by atoms with Crippen LogP contribution in [0.4, 0.5) is 0 Å². The fraction of sp³-hybridized carbons (Fsp3) is 0.893. The maximum absolute atomic E-state index is 13.6. The van der Waals surface area contributed by atoms with Crippen molar-refractivity contribution in [3.8, 4) is 0 Å². The molecule has 6 atom stereocenters. The minimum Gasteiger partial charge on any atom is -0.404 e. The van der Waals surface area contributed by atoms with Crippen LogP contribution in [0.15, 0.2) is 4.99 Å². The molecule has 2 amide bonds. The number of nitrogens with one attached hydrogen (secondary N) is 3. The Kier molecular flexibility index (Phi) is 11.4. The standard InChI is InChI=1S/C28H51BN6O6/c1-7-8-9-10-13-24(36)32-20(12-11-14-31-26(30)34-35(38)39)25(37)33-23(15-18(2)3)29-40-22-17-19-16-21(27(19,4)5)28(22,6)41-29/h18-23H,7-17H2,1-6H3,(H,32,36)(H,33,37)(H3,30,31,34)/t19-,20+,21-,22-,23+,28+/m1/s1. The number of hydrogen-bond donors (Lipinski definition) is 4. The van der Waals surface area contributed by atoms with Crippen LogP contribution in [-0.4, -0.2) is 60.2 Å². The van der Waals surface area contributed by atoms with E-state index >= 15 is 0 Å². The zero-order chi connectivity index (χ0) is 30.4. The summed E-state index contributed by atoms with van der Waals surface area (Å²) >= 11 is 0. The summed E-state index contributed by atoms with van der Waals surface area (Å²) < 4.78 is 13.2. The number of rotatable bonds is 16. The van der Waals surface area contributed by atoms with Crippen LogP contribution >= 0.6 is 0 Å². The summed E-state index contributed by atoms with van der Waals surface area (Å²) in [4.78, 5) is 40.9. The van der Waals surface area contributed by atoms with Gasteiger partial charge >= 0.3 is 7.12 Å². The Morgan fingerprint density at radius 2 is 1.88 bits per heavy atom. The lowest BCUT2D eigenvalue weighted by atomic mass is 9.43. The highest BCUT2D eigenvalue weighted by Gasteiger charge is 2.68. The van der Waals surface area contributed by atoms with Gasteiger partial charge < -0.3 is 25.7 Å². The van der Waals surface area contributed by atoms with Crippen LogP contribution in [0, 0.1) is 33.3 Å². The molecule has 232 valence electrons. The van der Waals surface area contributed by atoms with Gasteiger partial charge in [-0.25, -0.2) is 15.1 Å². The number of nitrogens with two attached hydrogens (primary N) is 1. The molecule has 13 heteroatoms. The largest absolute Gasteiger partial charge is 0.481 e. The van der Waals surface area contributed by atoms with E-state index < -0.39 is 18.2 Å². The molecule has 4 aliphatic rings. The summed E-state index contributed by atoms with van der Waals surface area (Å²) in [5.74, 6) is 0.179. The van der Waals surface area contributed by atoms with Gasteiger partial charge in [0.15, 0.2) is 5.03 Å². The SMILES string of the molecule is CCCCCCC(=O)N[C@@H](CCCN=C(N)N[N+](=O)[O-])C(=O)N[C@@H](CC(C)C)B1O[C@@H]2C[C@H]3C[C@H](C3(C)C)[C@]2(C)O1. The maximum atomic E-state index is 13.6. The fourth-order valence-electron chi connectivity index (χ4n) is 6.97. The van der Waals surface area contributed by atoms with E-state index in [0.717, 1.165) is 38.5 Å². The van der Waals surface area contributed by atoms with Gasteiger partial charge in [0.1, 0.15) is 6.04 Å². The van der Waals surface area contributed by atoms with E-state index in [2.05, 4.69) is 57.2 Å². The molecule has 0 aromatic rings. The predicted octanol–water partition coefficient (Wildman–Crippen LogP) is 3.12. The van der Waals surface area contributed by atoms with Crippen molar-refractivity contribution in [1.29, 1.82) is 0 Å². The second-order valence-electron chi connectivity index (χ2n) is 13.3. The maximum Gasteiger partial charge on any atom is 0.481 e. The van der Waals surface area contributed by atoms with Gasteiger partial charge in [-0.15, -0.1) is 0 Å². The van der Waals surface area contributed by atoms with Crippen molar-refractivity contribution >= 4 is 24.9 Å². The van der Waals surface area contributed by atoms with Crippen LogP contribution < -0.4 is 21.8 Å². The molecule has 5 N–H and O–H groups in total. The summed E-state index contributed by atoms with van der Waals surface area (Å²) in [6.45, 7) is 13.3. The number of carbonyl (C=O) groups excluding carboxylic acids is 2. The van der Waals surface area contributed by atoms with Crippen LogP contribution in [0.5, 0.6) is 0 Å². The molecule has 0 spiro atoms. The van der Waals surface area contributed by atoms with Crippen LogP contribution in [0.25, 0.3) is 0 Å². The van der Waals surface area contributed by atoms with Crippen molar-refractivity contribution in [1.82, 2.24) is 16.1 Å². The summed E-state index contributed by atoms with van der Waals surface area (Å²) in [6, 6.07) is -0.783. The molecule has 4 fully saturated rings. The predicted molar refractivity (Wildman–Crippen MR) is 158 cm³/mol. The van der Waals surface area contributed by atoms with E-state index in [1.807, 2.05) is 0 Å². The van der Waals surface area contributed by atoms with E-state index in [1.165, 1.54) is 0 Å². The highest BCUT2D eigenvalue weighted by Crippen LogP contribution is 2.65. The lowest BCUT2D eigenvalue weighted by molar-refractivity contribution is -0.525. The van der Waals surface area contributed by atoms with Gasteiger partial charge in [-0.3, -0.25) is 9.59 Å². The molecule has 1 saturated heterocycles. The van der Waals surface area contributed by atoms with Crippen molar-refractivity contribution in [3.05, 3.63) is 10.1 Å². The molecule has 4 rings (SSSR count). The number of nitro groups is 1. The van der Waals surface area contributed by atoms with Gasteiger partial charge in [-0.2, -0.15) is 0 Å². The normalized spacial score (nSPS) is 27.9. The molecular formula is C28H51BN6O6. The van der Waals surface area contributed by atoms with E-state index in [1.54, 1.807) is 5.43 Å². The molecule has 3 aliphatic carbocycles. The Hall–Kier alpha value is -2.41. The Balaban J connectivity index is 1.67. The van der Waals surface area contributed by atoms with Gasteiger partial charge in [0.2, 0.25) is 11.8 Å². The molecule has 41 heavy (non-hydrogen) atoms. The minimum absolute atomic E-state index is 0.00514. The van der Waals surface area contributed by atoms with Crippen molar-refractivity contribution in [2.75, 3.05) is 6.54 Å². The second kappa shape index (κ2) is 14.2. The zero-order valence-corrected chi connectivity index (χ0v) is 25.7. The van der Waals surface area contributed by atoms with Crippen LogP contribution in [0.2, 0.25) is 0 Å². The first-order valence-corrected chi connectivity index (χ1v) is 15.4. The van der Waals surface area contributed by atoms with Crippen molar-refractivity contribution in [2.45, 2.75) is 129 Å². The Bertz CT molecular complexity index is 964. The molecule has 3 saturated carbocycles. The number of nitrogens with zero attached hydrogens (tertiary/aromatic N) is 2. The highest BCUT2D eigenvalue weighted by atomic mass is 16.7. The molecular weight excluding hydrogens is 527 g/mol. The van der Waals surface area contributed by atoms with Crippen LogP contribution in [-0.2, 0) is 18.9 Å². The topological polar surface area (TPSA) is 170 Å². The highest BCUT2D eigenvalue weighted by molar-refractivity contribution is 6.48. The first-order chi connectivity index (χ1) is 19.3. The number of amides is 2. The minimum atomic E-state index is -0.783. The lowest BCUT2D eigenvalue weighted by Crippen LogP contribution is -2.65. The molecule has 2 bridgehead atoms. The molecule has 0 aromatic heterocycles. The second-order valence-corrected chi connectivity index (χ2v) is 13.3. The molecule has 12 nitrogen and oxygen atoms in total. The third kappa shape index (κ3) is 8.34. The lowest BCUT2D eigenvalue weighted by Gasteiger charge is -2.64. The van der Waals surface area contributed by atoms with E-state index in [0.29, 0.717) is 37.5 Å². The van der Waals surface area contributed by atoms with Crippen LogP contribution in [0.3, 0.4) is 0 Å². The molecule has 0 radical (unpaired) electrons. The Labute approximate surface area is 245 Å². The first-order valence-electron chi connectivity index (χ1n) is 15.4. The summed E-state index contributed by atoms with van der Waals surface area (Å²) in [6.07, 6.45) is 7.70. The van der Waals surface area contributed by atoms with Gasteiger partial charge in [0.25, 0.3) is 5.96 Å². The number of hydrogen-bond acceptors (Lipinski definition) is 7. The molecule has 0 aromatic carbocycles. The van der Waals surface area contributed by atoms with Crippen LogP contribution in [0.1, 0.15) is 106 Å². The number of guanidine groups is 1. The quantitative estimate of drug-likeness (QED) is 0.0541. The average Bonchev–Trinajstić information content (AvgIpc) is 3.24. The van der Waals surface area contributed by atoms with Crippen molar-refractivity contribution in [2.24, 2.45) is 33.9 Å². The fourth-order valence-corrected chi connectivity index (χ4v) is 6.97. The van der Waals surface area contributed by atoms with Gasteiger partial charge in [0, 0.05) is 13.0 Å². The Morgan fingerprint density at radius 1 is 1.15 bits per heavy atom. The number of hydrazine groups is 1. The first kappa shape index (κ1) is 33.1. The summed E-state index contributed by atoms with van der Waals surface area (Å²) in [5, 5.41) is 15.8. The van der Waals surface area contributed by atoms with E-state index in [-0.39, 0.29) is 53.3 Å². The summed E-state index contributed by atoms with van der Waals surface area (Å²) in [7, 11) is -0.561. The average molecular weight is 579 g/mol. The number of carbonyl (C=O) groups is 2. The third-order valence-corrected chi connectivity index (χ3v) is 9.40. The zero-order valence-electron chi connectivity index (χ0n) is 25.7. The van der Waals surface area contributed by atoms with Gasteiger partial charge in [-0.05, 0) is 68.6 Å². The Morgan fingerprint density at radius 3 is 2.51 bits per heavy atom. The number of aliphatic imine (C=N–C) groups is 1. The summed E-state index contributed by atoms with van der Waals surface area (Å²) in [5.41, 5.74) is 7.14. The monoisotopic (exact) mass is 578 g/mol. The third-order valence-electron chi connectivity index (χ3n) is 9.40. The van der Waals surface area contributed by atoms with Crippen molar-refractivity contribution < 1.29 is 23.9 Å². The molecule has 0 unspecified atom stereocenters. The molecule has 1 heterocycles. The smallest absolute Gasteiger partial charge is 0.404 e. The molecule has 1 aliphatic heterocycles. The van der Waals surface area contributed by atoms with Crippen molar-refractivity contribution in [3.63, 3.8) is 0 Å². The number of unbranched alkanes of at least 4 members (excludes halogenated alkanes) is 3. The van der Waals surface area contributed by atoms with E-state index in [4.69, 9.17) is 15.0 Å². The van der Waals surface area contributed by atoms with Gasteiger partial charge in [0.05, 0.1) is 17.6 Å². The van der Waals surface area contributed by atoms with Gasteiger partial charge in [-0.1, -0.05) is 59.3 Å².